The second kappa shape index (κ2) is 5.79. The molecule has 0 aliphatic rings. The molecule has 2 aromatic rings. The molecule has 0 unspecified atom stereocenters. The first-order chi connectivity index (χ1) is 9.40. The van der Waals surface area contributed by atoms with Crippen LogP contribution >= 0.6 is 15.9 Å². The molecule has 4 nitrogen and oxygen atoms in total. The van der Waals surface area contributed by atoms with E-state index >= 15 is 0 Å². The number of nitrogens with one attached hydrogen (secondary N) is 2. The molecule has 0 spiro atoms. The Morgan fingerprint density at radius 1 is 1.05 bits per heavy atom. The first kappa shape index (κ1) is 14.8. The number of para-hydroxylation sites is 1. The number of rotatable bonds is 3. The van der Waals surface area contributed by atoms with Gasteiger partial charge in [-0.25, -0.2) is 9.97 Å². The van der Waals surface area contributed by atoms with E-state index in [2.05, 4.69) is 57.3 Å². The van der Waals surface area contributed by atoms with Crippen molar-refractivity contribution in [3.05, 3.63) is 40.6 Å². The fourth-order valence-corrected chi connectivity index (χ4v) is 2.06. The molecule has 0 fully saturated rings. The third-order valence-electron chi connectivity index (χ3n) is 2.79. The monoisotopic (exact) mass is 334 g/mol. The van der Waals surface area contributed by atoms with Crippen LogP contribution in [0.2, 0.25) is 0 Å². The van der Waals surface area contributed by atoms with Gasteiger partial charge in [-0.1, -0.05) is 32.9 Å². The zero-order valence-corrected chi connectivity index (χ0v) is 13.7. The molecule has 1 aromatic carbocycles. The topological polar surface area (TPSA) is 49.8 Å². The SMILES string of the molecule is CNc1cc(Nc2ccccc2Br)nc(C(C)(C)C)n1. The molecule has 0 bridgehead atoms. The van der Waals surface area contributed by atoms with E-state index in [0.717, 1.165) is 27.6 Å². The van der Waals surface area contributed by atoms with Gasteiger partial charge in [0.25, 0.3) is 0 Å². The Morgan fingerprint density at radius 2 is 1.70 bits per heavy atom. The van der Waals surface area contributed by atoms with E-state index in [4.69, 9.17) is 0 Å². The quantitative estimate of drug-likeness (QED) is 0.877. The van der Waals surface area contributed by atoms with Crippen LogP contribution in [0, 0.1) is 0 Å². The van der Waals surface area contributed by atoms with Crippen LogP contribution in [0.3, 0.4) is 0 Å². The largest absolute Gasteiger partial charge is 0.373 e. The van der Waals surface area contributed by atoms with Crippen molar-refractivity contribution in [2.75, 3.05) is 17.7 Å². The molecule has 1 aromatic heterocycles. The van der Waals surface area contributed by atoms with Crippen LogP contribution in [-0.2, 0) is 5.41 Å². The maximum Gasteiger partial charge on any atom is 0.138 e. The first-order valence-corrected chi connectivity index (χ1v) is 7.28. The summed E-state index contributed by atoms with van der Waals surface area (Å²) in [5.74, 6) is 2.39. The number of halogens is 1. The van der Waals surface area contributed by atoms with Crippen molar-refractivity contribution in [2.24, 2.45) is 0 Å². The number of hydrogen-bond acceptors (Lipinski definition) is 4. The van der Waals surface area contributed by atoms with Crippen LogP contribution in [-0.4, -0.2) is 17.0 Å². The molecule has 0 atom stereocenters. The lowest BCUT2D eigenvalue weighted by Crippen LogP contribution is -2.17. The Balaban J connectivity index is 2.39. The summed E-state index contributed by atoms with van der Waals surface area (Å²) in [5.41, 5.74) is 0.880. The minimum Gasteiger partial charge on any atom is -0.373 e. The number of nitrogens with zero attached hydrogens (tertiary/aromatic N) is 2. The number of aromatic nitrogens is 2. The highest BCUT2D eigenvalue weighted by molar-refractivity contribution is 9.10. The maximum absolute atomic E-state index is 4.61. The zero-order chi connectivity index (χ0) is 14.8. The average molecular weight is 335 g/mol. The summed E-state index contributed by atoms with van der Waals surface area (Å²) in [7, 11) is 1.86. The zero-order valence-electron chi connectivity index (χ0n) is 12.2. The third kappa shape index (κ3) is 3.48. The number of hydrogen-bond donors (Lipinski definition) is 2. The molecule has 2 N–H and O–H groups in total. The van der Waals surface area contributed by atoms with E-state index in [0.29, 0.717) is 0 Å². The van der Waals surface area contributed by atoms with Crippen molar-refractivity contribution < 1.29 is 0 Å². The standard InChI is InChI=1S/C15H19BrN4/c1-15(2,3)14-19-12(17-4)9-13(20-14)18-11-8-6-5-7-10(11)16/h5-9H,1-4H3,(H2,17,18,19,20). The van der Waals surface area contributed by atoms with E-state index < -0.39 is 0 Å². The summed E-state index contributed by atoms with van der Waals surface area (Å²) < 4.78 is 1.00. The van der Waals surface area contributed by atoms with Crippen molar-refractivity contribution in [2.45, 2.75) is 26.2 Å². The first-order valence-electron chi connectivity index (χ1n) is 6.49. The van der Waals surface area contributed by atoms with Gasteiger partial charge in [0.15, 0.2) is 0 Å². The smallest absolute Gasteiger partial charge is 0.138 e. The van der Waals surface area contributed by atoms with Gasteiger partial charge in [-0.15, -0.1) is 0 Å². The second-order valence-electron chi connectivity index (χ2n) is 5.57. The molecule has 0 radical (unpaired) electrons. The van der Waals surface area contributed by atoms with E-state index in [1.165, 1.54) is 0 Å². The summed E-state index contributed by atoms with van der Waals surface area (Å²) in [6, 6.07) is 9.86. The highest BCUT2D eigenvalue weighted by Gasteiger charge is 2.19. The average Bonchev–Trinajstić information content (AvgIpc) is 2.40. The van der Waals surface area contributed by atoms with Crippen molar-refractivity contribution in [1.82, 2.24) is 9.97 Å². The van der Waals surface area contributed by atoms with Crippen LogP contribution in [0.4, 0.5) is 17.3 Å². The molecular formula is C15H19BrN4. The minimum absolute atomic E-state index is 0.1000. The predicted molar refractivity (Wildman–Crippen MR) is 87.7 cm³/mol. The van der Waals surface area contributed by atoms with E-state index in [9.17, 15) is 0 Å². The Bertz CT molecular complexity index is 605. The van der Waals surface area contributed by atoms with Crippen molar-refractivity contribution >= 4 is 33.3 Å². The molecular weight excluding hydrogens is 316 g/mol. The van der Waals surface area contributed by atoms with E-state index in [1.807, 2.05) is 37.4 Å². The fourth-order valence-electron chi connectivity index (χ4n) is 1.68. The molecule has 1 heterocycles. The van der Waals surface area contributed by atoms with E-state index in [-0.39, 0.29) is 5.41 Å². The minimum atomic E-state index is -0.1000. The van der Waals surface area contributed by atoms with Crippen LogP contribution in [0.1, 0.15) is 26.6 Å². The third-order valence-corrected chi connectivity index (χ3v) is 3.48. The van der Waals surface area contributed by atoms with Crippen molar-refractivity contribution in [3.8, 4) is 0 Å². The predicted octanol–water partition coefficient (Wildman–Crippen LogP) is 4.32. The van der Waals surface area contributed by atoms with Gasteiger partial charge >= 0.3 is 0 Å². The van der Waals surface area contributed by atoms with Gasteiger partial charge in [-0.2, -0.15) is 0 Å². The van der Waals surface area contributed by atoms with Gasteiger partial charge in [0.1, 0.15) is 17.5 Å². The molecule has 0 amide bonds. The second-order valence-corrected chi connectivity index (χ2v) is 6.42. The lowest BCUT2D eigenvalue weighted by molar-refractivity contribution is 0.547. The van der Waals surface area contributed by atoms with Crippen LogP contribution in [0.5, 0.6) is 0 Å². The van der Waals surface area contributed by atoms with Gasteiger partial charge < -0.3 is 10.6 Å². The normalized spacial score (nSPS) is 11.2. The van der Waals surface area contributed by atoms with Crippen molar-refractivity contribution in [1.29, 1.82) is 0 Å². The maximum atomic E-state index is 4.61. The molecule has 2 rings (SSSR count). The number of anilines is 3. The fraction of sp³-hybridized carbons (Fsp3) is 0.333. The Kier molecular flexibility index (Phi) is 4.28. The Hall–Kier alpha value is -1.62. The van der Waals surface area contributed by atoms with Gasteiger partial charge in [0, 0.05) is 23.0 Å². The highest BCUT2D eigenvalue weighted by atomic mass is 79.9. The Morgan fingerprint density at radius 3 is 2.30 bits per heavy atom. The van der Waals surface area contributed by atoms with Crippen molar-refractivity contribution in [3.63, 3.8) is 0 Å². The van der Waals surface area contributed by atoms with Crippen LogP contribution in [0.15, 0.2) is 34.8 Å². The number of benzene rings is 1. The van der Waals surface area contributed by atoms with Crippen LogP contribution < -0.4 is 10.6 Å². The van der Waals surface area contributed by atoms with Gasteiger partial charge in [-0.05, 0) is 28.1 Å². The van der Waals surface area contributed by atoms with Gasteiger partial charge in [0.2, 0.25) is 0 Å². The Labute approximate surface area is 128 Å². The summed E-state index contributed by atoms with van der Waals surface area (Å²) >= 11 is 3.53. The van der Waals surface area contributed by atoms with E-state index in [1.54, 1.807) is 0 Å². The molecule has 0 saturated heterocycles. The summed E-state index contributed by atoms with van der Waals surface area (Å²) in [4.78, 5) is 9.12. The lowest BCUT2D eigenvalue weighted by atomic mass is 9.96. The molecule has 5 heteroatoms. The summed E-state index contributed by atoms with van der Waals surface area (Å²) in [6.07, 6.45) is 0. The van der Waals surface area contributed by atoms with Gasteiger partial charge in [-0.3, -0.25) is 0 Å². The molecule has 0 saturated carbocycles. The van der Waals surface area contributed by atoms with Gasteiger partial charge in [0.05, 0.1) is 5.69 Å². The summed E-state index contributed by atoms with van der Waals surface area (Å²) in [6.45, 7) is 6.30. The molecule has 20 heavy (non-hydrogen) atoms. The lowest BCUT2D eigenvalue weighted by Gasteiger charge is -2.19. The molecule has 0 aliphatic heterocycles. The highest BCUT2D eigenvalue weighted by Crippen LogP contribution is 2.27. The molecule has 0 aliphatic carbocycles. The molecule has 106 valence electrons. The summed E-state index contributed by atoms with van der Waals surface area (Å²) in [5, 5.41) is 6.40. The van der Waals surface area contributed by atoms with Crippen LogP contribution in [0.25, 0.3) is 0 Å².